The van der Waals surface area contributed by atoms with Crippen LogP contribution in [0.2, 0.25) is 0 Å². The molecular formula is C49H58N16O2. The third kappa shape index (κ3) is 7.15. The molecule has 5 N–H and O–H groups in total. The van der Waals surface area contributed by atoms with Gasteiger partial charge in [-0.3, -0.25) is 18.4 Å². The van der Waals surface area contributed by atoms with E-state index in [1.54, 1.807) is 7.05 Å². The zero-order valence-electron chi connectivity index (χ0n) is 39.3. The Morgan fingerprint density at radius 2 is 1.24 bits per heavy atom. The summed E-state index contributed by atoms with van der Waals surface area (Å²) in [6.07, 6.45) is 4.56. The van der Waals surface area contributed by atoms with E-state index in [1.165, 1.54) is 0 Å². The molecular weight excluding hydrogens is 845 g/mol. The predicted octanol–water partition coefficient (Wildman–Crippen LogP) is 5.08. The van der Waals surface area contributed by atoms with Crippen molar-refractivity contribution < 1.29 is 9.59 Å². The number of carbonyl (C=O) groups excluding carboxylic acids is 2. The molecule has 3 aliphatic heterocycles. The van der Waals surface area contributed by atoms with E-state index in [0.717, 1.165) is 76.7 Å². The average molecular weight is 903 g/mol. The number of benzene rings is 2. The molecule has 0 aliphatic carbocycles. The smallest absolute Gasteiger partial charge is 0.257 e. The summed E-state index contributed by atoms with van der Waals surface area (Å²) in [6.45, 7) is 17.0. The average Bonchev–Trinajstić information content (AvgIpc) is 4.05. The van der Waals surface area contributed by atoms with Crippen LogP contribution in [0.4, 0.5) is 23.3 Å². The highest BCUT2D eigenvalue weighted by Crippen LogP contribution is 2.41. The number of hydrogen-bond acceptors (Lipinski definition) is 14. The van der Waals surface area contributed by atoms with Crippen LogP contribution in [-0.2, 0) is 0 Å². The van der Waals surface area contributed by atoms with Gasteiger partial charge in [0.15, 0.2) is 22.6 Å². The lowest BCUT2D eigenvalue weighted by Crippen LogP contribution is -2.54. The van der Waals surface area contributed by atoms with Gasteiger partial charge in [-0.25, -0.2) is 19.9 Å². The number of imidazole rings is 2. The highest BCUT2D eigenvalue weighted by atomic mass is 16.2. The van der Waals surface area contributed by atoms with Crippen LogP contribution in [-0.4, -0.2) is 134 Å². The fraction of sp³-hybridized carbons (Fsp3) is 0.429. The minimum Gasteiger partial charge on any atom is -0.387 e. The quantitative estimate of drug-likeness (QED) is 0.136. The minimum atomic E-state index is -0.225. The van der Waals surface area contributed by atoms with Gasteiger partial charge in [0.1, 0.15) is 11.1 Å². The topological polar surface area (TPSA) is 190 Å². The summed E-state index contributed by atoms with van der Waals surface area (Å²) < 4.78 is 4.05. The van der Waals surface area contributed by atoms with Crippen LogP contribution in [0.5, 0.6) is 0 Å². The number of amides is 2. The molecule has 0 radical (unpaired) electrons. The fourth-order valence-corrected chi connectivity index (χ4v) is 11.0. The van der Waals surface area contributed by atoms with Crippen LogP contribution < -0.4 is 41.3 Å². The van der Waals surface area contributed by atoms with Gasteiger partial charge in [0, 0.05) is 102 Å². The summed E-state index contributed by atoms with van der Waals surface area (Å²) in [7, 11) is 3.49. The standard InChI is InChI=1S/C49H58N16O2/c1-25(2)54-47(67)38-40(50-7)32-18-52-48(62-20-26(3)55-27(4)21-62)59-42(32)65-37-14-13-30(17-35(37)58-44(38)65)31-15-16-61(24-31)41-33-19-53-49(63-22-28(5)56-29(6)23-63)60-43(33)64-36-12-10-9-11-34(36)57-45(64)39(41)46(66)51-8/h9-14,17-19,25-29,31,50,55-56H,15-16,20-24H2,1-8H3,(H,51,66)(H,54,67)/t26-,27+,28-,29+,31?. The molecule has 9 heterocycles. The molecule has 0 saturated carbocycles. The van der Waals surface area contributed by atoms with Crippen molar-refractivity contribution in [2.45, 2.75) is 84.1 Å². The Bertz CT molecular complexity index is 3270. The van der Waals surface area contributed by atoms with E-state index >= 15 is 0 Å². The van der Waals surface area contributed by atoms with Crippen molar-refractivity contribution in [2.75, 3.05) is 73.4 Å². The van der Waals surface area contributed by atoms with Gasteiger partial charge in [-0.1, -0.05) is 18.2 Å². The molecule has 8 aromatic rings. The maximum Gasteiger partial charge on any atom is 0.257 e. The molecule has 5 atom stereocenters. The highest BCUT2D eigenvalue weighted by Gasteiger charge is 2.34. The molecule has 0 spiro atoms. The molecule has 3 fully saturated rings. The Balaban J connectivity index is 1.04. The molecule has 3 saturated heterocycles. The van der Waals surface area contributed by atoms with Crippen molar-refractivity contribution in [1.82, 2.24) is 60.0 Å². The Morgan fingerprint density at radius 3 is 1.87 bits per heavy atom. The van der Waals surface area contributed by atoms with E-state index in [2.05, 4.69) is 87.2 Å². The number of anilines is 4. The first-order valence-electron chi connectivity index (χ1n) is 23.6. The molecule has 6 aromatic heterocycles. The van der Waals surface area contributed by atoms with E-state index in [0.29, 0.717) is 64.4 Å². The number of pyridine rings is 2. The number of aromatic nitrogens is 8. The third-order valence-electron chi connectivity index (χ3n) is 13.6. The summed E-state index contributed by atoms with van der Waals surface area (Å²) in [5.41, 5.74) is 9.18. The molecule has 346 valence electrons. The molecule has 18 heteroatoms. The van der Waals surface area contributed by atoms with E-state index in [9.17, 15) is 9.59 Å². The fourth-order valence-electron chi connectivity index (χ4n) is 11.0. The number of fused-ring (bicyclic) bond motifs is 10. The van der Waals surface area contributed by atoms with Crippen LogP contribution in [0.25, 0.3) is 55.4 Å². The van der Waals surface area contributed by atoms with Crippen molar-refractivity contribution in [1.29, 1.82) is 0 Å². The zero-order valence-corrected chi connectivity index (χ0v) is 39.3. The van der Waals surface area contributed by atoms with E-state index in [4.69, 9.17) is 29.9 Å². The Hall–Kier alpha value is -6.92. The lowest BCUT2D eigenvalue weighted by atomic mass is 9.98. The number of piperazine rings is 2. The SMILES string of the molecule is CNC(=O)c1c(N2CCC(c3ccc4c(c3)nc3c(C(=O)NC(C)C)c(NC)c5cnc(N6C[C@@H](C)N[C@@H](C)C6)nc5n34)C2)c2cnc(N3C[C@@H](C)N[C@@H](C)C3)nc2n2c1nc1ccccc12. The lowest BCUT2D eigenvalue weighted by Gasteiger charge is -2.36. The van der Waals surface area contributed by atoms with E-state index in [1.807, 2.05) is 66.4 Å². The van der Waals surface area contributed by atoms with Gasteiger partial charge in [-0.2, -0.15) is 9.97 Å². The molecule has 2 aromatic carbocycles. The van der Waals surface area contributed by atoms with Gasteiger partial charge >= 0.3 is 0 Å². The molecule has 2 amide bonds. The van der Waals surface area contributed by atoms with Crippen LogP contribution >= 0.6 is 0 Å². The van der Waals surface area contributed by atoms with Crippen LogP contribution in [0.15, 0.2) is 54.9 Å². The molecule has 11 rings (SSSR count). The highest BCUT2D eigenvalue weighted by molar-refractivity contribution is 6.15. The van der Waals surface area contributed by atoms with Gasteiger partial charge in [-0.05, 0) is 77.8 Å². The van der Waals surface area contributed by atoms with Crippen molar-refractivity contribution >= 4 is 90.5 Å². The van der Waals surface area contributed by atoms with Crippen LogP contribution in [0.1, 0.15) is 80.2 Å². The van der Waals surface area contributed by atoms with E-state index in [-0.39, 0.29) is 47.9 Å². The first-order valence-corrected chi connectivity index (χ1v) is 23.6. The van der Waals surface area contributed by atoms with Crippen LogP contribution in [0, 0.1) is 0 Å². The van der Waals surface area contributed by atoms with Gasteiger partial charge in [0.05, 0.1) is 44.2 Å². The molecule has 3 aliphatic rings. The molecule has 0 bridgehead atoms. The summed E-state index contributed by atoms with van der Waals surface area (Å²) >= 11 is 0. The largest absolute Gasteiger partial charge is 0.387 e. The molecule has 67 heavy (non-hydrogen) atoms. The Morgan fingerprint density at radius 1 is 0.657 bits per heavy atom. The predicted molar refractivity (Wildman–Crippen MR) is 265 cm³/mol. The van der Waals surface area contributed by atoms with Crippen molar-refractivity contribution in [3.8, 4) is 0 Å². The van der Waals surface area contributed by atoms with Gasteiger partial charge in [-0.15, -0.1) is 0 Å². The van der Waals surface area contributed by atoms with Gasteiger partial charge < -0.3 is 41.3 Å². The summed E-state index contributed by atoms with van der Waals surface area (Å²) in [4.78, 5) is 65.9. The third-order valence-corrected chi connectivity index (χ3v) is 13.6. The number of carbonyl (C=O) groups is 2. The summed E-state index contributed by atoms with van der Waals surface area (Å²) in [6, 6.07) is 15.4. The zero-order chi connectivity index (χ0) is 46.4. The Kier molecular flexibility index (Phi) is 10.5. The summed E-state index contributed by atoms with van der Waals surface area (Å²) in [5, 5.41) is 18.1. The number of nitrogens with zero attached hydrogens (tertiary/aromatic N) is 11. The molecule has 1 unspecified atom stereocenters. The van der Waals surface area contributed by atoms with E-state index < -0.39 is 0 Å². The van der Waals surface area contributed by atoms with Crippen LogP contribution in [0.3, 0.4) is 0 Å². The second-order valence-electron chi connectivity index (χ2n) is 19.2. The summed E-state index contributed by atoms with van der Waals surface area (Å²) in [5.74, 6) is 0.941. The van der Waals surface area contributed by atoms with Crippen molar-refractivity contribution in [3.05, 3.63) is 71.5 Å². The number of para-hydroxylation sites is 2. The second kappa shape index (κ2) is 16.4. The second-order valence-corrected chi connectivity index (χ2v) is 19.2. The first kappa shape index (κ1) is 42.7. The maximum absolute atomic E-state index is 14.2. The minimum absolute atomic E-state index is 0.0904. The van der Waals surface area contributed by atoms with Crippen molar-refractivity contribution in [2.24, 2.45) is 0 Å². The number of hydrogen-bond donors (Lipinski definition) is 5. The Labute approximate surface area is 387 Å². The number of nitrogens with one attached hydrogen (secondary N) is 5. The molecule has 18 nitrogen and oxygen atoms in total. The monoisotopic (exact) mass is 902 g/mol. The van der Waals surface area contributed by atoms with Gasteiger partial charge in [0.25, 0.3) is 11.8 Å². The van der Waals surface area contributed by atoms with Crippen molar-refractivity contribution in [3.63, 3.8) is 0 Å². The lowest BCUT2D eigenvalue weighted by molar-refractivity contribution is 0.0942. The van der Waals surface area contributed by atoms with Gasteiger partial charge in [0.2, 0.25) is 11.9 Å². The normalized spacial score (nSPS) is 21.5. The first-order chi connectivity index (χ1) is 32.4. The number of rotatable bonds is 8. The maximum atomic E-state index is 14.2.